The molecule has 1 aromatic heterocycles. The molecule has 0 radical (unpaired) electrons. The van der Waals surface area contributed by atoms with Crippen LogP contribution in [0.15, 0.2) is 42.9 Å². The lowest BCUT2D eigenvalue weighted by Gasteiger charge is -2.28. The smallest absolute Gasteiger partial charge is 0.125 e. The molecule has 94 valence electrons. The average molecular weight is 246 g/mol. The summed E-state index contributed by atoms with van der Waals surface area (Å²) >= 11 is 0. The molecule has 0 saturated heterocycles. The van der Waals surface area contributed by atoms with Crippen LogP contribution in [0.5, 0.6) is 0 Å². The first-order valence-corrected chi connectivity index (χ1v) is 5.66. The Labute approximate surface area is 105 Å². The monoisotopic (exact) mass is 246 g/mol. The summed E-state index contributed by atoms with van der Waals surface area (Å²) in [5, 5.41) is 0. The molecule has 0 amide bonds. The van der Waals surface area contributed by atoms with Gasteiger partial charge in [0.05, 0.1) is 11.7 Å². The number of hydrogen-bond acceptors (Lipinski definition) is 4. The first-order valence-electron chi connectivity index (χ1n) is 5.66. The number of nitrogens with zero attached hydrogens (tertiary/aromatic N) is 3. The Kier molecular flexibility index (Phi) is 3.84. The van der Waals surface area contributed by atoms with Gasteiger partial charge >= 0.3 is 0 Å². The molecule has 4 nitrogen and oxygen atoms in total. The number of likely N-dealkylation sites (N-methyl/N-ethyl adjacent to an activating group) is 1. The van der Waals surface area contributed by atoms with E-state index < -0.39 is 0 Å². The van der Waals surface area contributed by atoms with E-state index in [-0.39, 0.29) is 11.9 Å². The Morgan fingerprint density at radius 3 is 2.83 bits per heavy atom. The molecule has 2 rings (SSSR count). The van der Waals surface area contributed by atoms with Gasteiger partial charge in [0.25, 0.3) is 0 Å². The lowest BCUT2D eigenvalue weighted by Crippen LogP contribution is -2.31. The molecule has 2 N–H and O–H groups in total. The second-order valence-electron chi connectivity index (χ2n) is 3.98. The van der Waals surface area contributed by atoms with Crippen LogP contribution in [0.25, 0.3) is 0 Å². The van der Waals surface area contributed by atoms with E-state index in [1.165, 1.54) is 18.5 Å². The number of nitrogens with two attached hydrogens (primary N) is 1. The number of rotatable bonds is 4. The Bertz CT molecular complexity index is 503. The Morgan fingerprint density at radius 1 is 1.39 bits per heavy atom. The van der Waals surface area contributed by atoms with Gasteiger partial charge in [-0.3, -0.25) is 0 Å². The van der Waals surface area contributed by atoms with E-state index in [1.807, 2.05) is 24.1 Å². The molecule has 0 fully saturated rings. The van der Waals surface area contributed by atoms with Gasteiger partial charge in [-0.15, -0.1) is 0 Å². The average Bonchev–Trinajstić information content (AvgIpc) is 2.41. The van der Waals surface area contributed by atoms with E-state index in [2.05, 4.69) is 9.97 Å². The van der Waals surface area contributed by atoms with Gasteiger partial charge in [-0.2, -0.15) is 0 Å². The summed E-state index contributed by atoms with van der Waals surface area (Å²) in [7, 11) is 1.87. The van der Waals surface area contributed by atoms with Crippen LogP contribution >= 0.6 is 0 Å². The summed E-state index contributed by atoms with van der Waals surface area (Å²) in [6, 6.07) is 8.12. The standard InChI is InChI=1S/C13H15FN4/c1-18(11-4-2-3-10(14)7-11)13(8-15)12-5-6-16-9-17-12/h2-7,9,13H,8,15H2,1H3. The van der Waals surface area contributed by atoms with Crippen LogP contribution in [0, 0.1) is 5.82 Å². The van der Waals surface area contributed by atoms with Crippen molar-refractivity contribution in [3.05, 3.63) is 54.4 Å². The first kappa shape index (κ1) is 12.4. The minimum Gasteiger partial charge on any atom is -0.365 e. The van der Waals surface area contributed by atoms with Crippen LogP contribution in [0.4, 0.5) is 10.1 Å². The fraction of sp³-hybridized carbons (Fsp3) is 0.231. The maximum absolute atomic E-state index is 13.2. The van der Waals surface area contributed by atoms with Crippen molar-refractivity contribution < 1.29 is 4.39 Å². The van der Waals surface area contributed by atoms with Crippen LogP contribution in [0.1, 0.15) is 11.7 Å². The predicted octanol–water partition coefficient (Wildman–Crippen LogP) is 1.75. The van der Waals surface area contributed by atoms with Crippen molar-refractivity contribution in [2.75, 3.05) is 18.5 Å². The number of anilines is 1. The third-order valence-corrected chi connectivity index (χ3v) is 2.85. The zero-order valence-corrected chi connectivity index (χ0v) is 10.1. The quantitative estimate of drug-likeness (QED) is 0.893. The van der Waals surface area contributed by atoms with E-state index in [0.717, 1.165) is 11.4 Å². The predicted molar refractivity (Wildman–Crippen MR) is 68.6 cm³/mol. The molecular weight excluding hydrogens is 231 g/mol. The molecule has 0 aliphatic rings. The van der Waals surface area contributed by atoms with Gasteiger partial charge in [-0.25, -0.2) is 14.4 Å². The Hall–Kier alpha value is -2.01. The molecule has 0 spiro atoms. The number of halogens is 1. The highest BCUT2D eigenvalue weighted by atomic mass is 19.1. The van der Waals surface area contributed by atoms with Gasteiger partial charge < -0.3 is 10.6 Å². The van der Waals surface area contributed by atoms with Crippen molar-refractivity contribution in [1.29, 1.82) is 0 Å². The fourth-order valence-corrected chi connectivity index (χ4v) is 1.85. The maximum Gasteiger partial charge on any atom is 0.125 e. The summed E-state index contributed by atoms with van der Waals surface area (Å²) in [5.74, 6) is -0.266. The second kappa shape index (κ2) is 5.55. The van der Waals surface area contributed by atoms with Gasteiger partial charge in [0.15, 0.2) is 0 Å². The first-order chi connectivity index (χ1) is 8.72. The van der Waals surface area contributed by atoms with Crippen molar-refractivity contribution >= 4 is 5.69 Å². The Balaban J connectivity index is 2.28. The van der Waals surface area contributed by atoms with Crippen LogP contribution in [0.3, 0.4) is 0 Å². The third-order valence-electron chi connectivity index (χ3n) is 2.85. The third kappa shape index (κ3) is 2.62. The molecule has 0 aliphatic carbocycles. The lowest BCUT2D eigenvalue weighted by molar-refractivity contribution is 0.620. The van der Waals surface area contributed by atoms with Crippen molar-refractivity contribution in [2.45, 2.75) is 6.04 Å². The van der Waals surface area contributed by atoms with Gasteiger partial charge in [0.1, 0.15) is 12.1 Å². The van der Waals surface area contributed by atoms with Crippen LogP contribution < -0.4 is 10.6 Å². The molecule has 2 aromatic rings. The van der Waals surface area contributed by atoms with Gasteiger partial charge in [-0.05, 0) is 24.3 Å². The number of benzene rings is 1. The molecular formula is C13H15FN4. The molecule has 18 heavy (non-hydrogen) atoms. The largest absolute Gasteiger partial charge is 0.365 e. The van der Waals surface area contributed by atoms with E-state index in [1.54, 1.807) is 12.3 Å². The van der Waals surface area contributed by atoms with Crippen molar-refractivity contribution in [3.63, 3.8) is 0 Å². The molecule has 1 aromatic carbocycles. The molecule has 0 aliphatic heterocycles. The topological polar surface area (TPSA) is 55.0 Å². The second-order valence-corrected chi connectivity index (χ2v) is 3.98. The zero-order chi connectivity index (χ0) is 13.0. The van der Waals surface area contributed by atoms with Crippen LogP contribution in [-0.4, -0.2) is 23.6 Å². The van der Waals surface area contributed by atoms with Crippen molar-refractivity contribution in [2.24, 2.45) is 5.73 Å². The highest BCUT2D eigenvalue weighted by Gasteiger charge is 2.17. The Morgan fingerprint density at radius 2 is 2.22 bits per heavy atom. The molecule has 1 unspecified atom stereocenters. The molecule has 0 bridgehead atoms. The summed E-state index contributed by atoms with van der Waals surface area (Å²) in [6.07, 6.45) is 3.15. The van der Waals surface area contributed by atoms with E-state index >= 15 is 0 Å². The van der Waals surface area contributed by atoms with Gasteiger partial charge in [-0.1, -0.05) is 6.07 Å². The minimum absolute atomic E-state index is 0.102. The van der Waals surface area contributed by atoms with Crippen LogP contribution in [-0.2, 0) is 0 Å². The number of aromatic nitrogens is 2. The summed E-state index contributed by atoms with van der Waals surface area (Å²) < 4.78 is 13.2. The SMILES string of the molecule is CN(c1cccc(F)c1)C(CN)c1ccncn1. The van der Waals surface area contributed by atoms with Crippen molar-refractivity contribution in [3.8, 4) is 0 Å². The van der Waals surface area contributed by atoms with Crippen LogP contribution in [0.2, 0.25) is 0 Å². The van der Waals surface area contributed by atoms with Gasteiger partial charge in [0, 0.05) is 25.5 Å². The summed E-state index contributed by atoms with van der Waals surface area (Å²) in [6.45, 7) is 0.393. The van der Waals surface area contributed by atoms with Gasteiger partial charge in [0.2, 0.25) is 0 Å². The summed E-state index contributed by atoms with van der Waals surface area (Å²) in [4.78, 5) is 9.98. The normalized spacial score (nSPS) is 12.2. The molecule has 1 atom stereocenters. The van der Waals surface area contributed by atoms with E-state index in [4.69, 9.17) is 5.73 Å². The zero-order valence-electron chi connectivity index (χ0n) is 10.1. The lowest BCUT2D eigenvalue weighted by atomic mass is 10.1. The molecule has 5 heteroatoms. The highest BCUT2D eigenvalue weighted by Crippen LogP contribution is 2.23. The van der Waals surface area contributed by atoms with Crippen molar-refractivity contribution in [1.82, 2.24) is 9.97 Å². The molecule has 0 saturated carbocycles. The van der Waals surface area contributed by atoms with E-state index in [9.17, 15) is 4.39 Å². The fourth-order valence-electron chi connectivity index (χ4n) is 1.85. The number of hydrogen-bond donors (Lipinski definition) is 1. The highest BCUT2D eigenvalue weighted by molar-refractivity contribution is 5.47. The maximum atomic E-state index is 13.2. The minimum atomic E-state index is -0.266. The molecule has 1 heterocycles. The van der Waals surface area contributed by atoms with E-state index in [0.29, 0.717) is 6.54 Å². The summed E-state index contributed by atoms with van der Waals surface area (Å²) in [5.41, 5.74) is 7.37.